The van der Waals surface area contributed by atoms with Gasteiger partial charge >= 0.3 is 5.97 Å². The second-order valence-corrected chi connectivity index (χ2v) is 5.94. The molecule has 0 saturated heterocycles. The Labute approximate surface area is 148 Å². The molecule has 0 spiro atoms. The van der Waals surface area contributed by atoms with E-state index < -0.39 is 11.8 Å². The highest BCUT2D eigenvalue weighted by Crippen LogP contribution is 2.32. The summed E-state index contributed by atoms with van der Waals surface area (Å²) in [5.74, 6) is -1.02. The highest BCUT2D eigenvalue weighted by Gasteiger charge is 2.23. The van der Waals surface area contributed by atoms with Crippen LogP contribution in [0.3, 0.4) is 0 Å². The standard InChI is InChI=1S/C19H15ClFNO3/c1-3-25-19(24)17-16(11-4-7-13(21)8-5-11)15-10-12(20)6-9-14(15)18(23)22(17)2/h4-10H,3H2,1-2H3. The fourth-order valence-corrected chi connectivity index (χ4v) is 3.01. The normalized spacial score (nSPS) is 10.9. The molecule has 25 heavy (non-hydrogen) atoms. The molecule has 0 N–H and O–H groups in total. The Morgan fingerprint density at radius 3 is 2.48 bits per heavy atom. The molecule has 0 fully saturated rings. The molecule has 0 unspecified atom stereocenters. The van der Waals surface area contributed by atoms with E-state index in [1.807, 2.05) is 0 Å². The van der Waals surface area contributed by atoms with Crippen LogP contribution in [0, 0.1) is 5.82 Å². The van der Waals surface area contributed by atoms with E-state index in [0.717, 1.165) is 0 Å². The van der Waals surface area contributed by atoms with Gasteiger partial charge in [0.2, 0.25) is 0 Å². The predicted molar refractivity (Wildman–Crippen MR) is 95.5 cm³/mol. The number of carbonyl (C=O) groups excluding carboxylic acids is 1. The van der Waals surface area contributed by atoms with Crippen molar-refractivity contribution >= 4 is 28.3 Å². The van der Waals surface area contributed by atoms with E-state index in [4.69, 9.17) is 16.3 Å². The summed E-state index contributed by atoms with van der Waals surface area (Å²) in [4.78, 5) is 25.2. The first-order valence-corrected chi connectivity index (χ1v) is 8.07. The second-order valence-electron chi connectivity index (χ2n) is 5.51. The van der Waals surface area contributed by atoms with Gasteiger partial charge in [-0.05, 0) is 48.2 Å². The lowest BCUT2D eigenvalue weighted by atomic mass is 9.96. The number of pyridine rings is 1. The monoisotopic (exact) mass is 359 g/mol. The first-order valence-electron chi connectivity index (χ1n) is 7.69. The van der Waals surface area contributed by atoms with Crippen molar-refractivity contribution in [2.75, 3.05) is 6.61 Å². The van der Waals surface area contributed by atoms with Crippen LogP contribution in [0.4, 0.5) is 4.39 Å². The van der Waals surface area contributed by atoms with Gasteiger partial charge in [-0.3, -0.25) is 4.79 Å². The summed E-state index contributed by atoms with van der Waals surface area (Å²) in [6.07, 6.45) is 0. The zero-order chi connectivity index (χ0) is 18.1. The van der Waals surface area contributed by atoms with Gasteiger partial charge in [0.15, 0.2) is 0 Å². The average molecular weight is 360 g/mol. The molecule has 0 bridgehead atoms. The second kappa shape index (κ2) is 6.69. The van der Waals surface area contributed by atoms with Gasteiger partial charge in [-0.1, -0.05) is 23.7 Å². The van der Waals surface area contributed by atoms with Crippen molar-refractivity contribution in [3.05, 3.63) is 69.4 Å². The summed E-state index contributed by atoms with van der Waals surface area (Å²) in [7, 11) is 1.51. The Morgan fingerprint density at radius 1 is 1.16 bits per heavy atom. The highest BCUT2D eigenvalue weighted by atomic mass is 35.5. The molecule has 0 saturated carbocycles. The third kappa shape index (κ3) is 3.03. The van der Waals surface area contributed by atoms with Crippen LogP contribution >= 0.6 is 11.6 Å². The summed E-state index contributed by atoms with van der Waals surface area (Å²) < 4.78 is 19.7. The minimum atomic E-state index is -0.622. The van der Waals surface area contributed by atoms with Gasteiger partial charge < -0.3 is 9.30 Å². The topological polar surface area (TPSA) is 48.3 Å². The van der Waals surface area contributed by atoms with E-state index in [1.54, 1.807) is 37.3 Å². The Bertz CT molecular complexity index is 1030. The van der Waals surface area contributed by atoms with Gasteiger partial charge in [-0.2, -0.15) is 0 Å². The molecule has 2 aromatic carbocycles. The third-order valence-electron chi connectivity index (χ3n) is 3.96. The molecule has 0 aliphatic rings. The van der Waals surface area contributed by atoms with Crippen LogP contribution < -0.4 is 5.56 Å². The molecule has 1 heterocycles. The number of benzene rings is 2. The average Bonchev–Trinajstić information content (AvgIpc) is 2.59. The number of hydrogen-bond donors (Lipinski definition) is 0. The lowest BCUT2D eigenvalue weighted by molar-refractivity contribution is 0.0515. The third-order valence-corrected chi connectivity index (χ3v) is 4.19. The molecule has 0 aliphatic heterocycles. The van der Waals surface area contributed by atoms with Crippen LogP contribution in [-0.2, 0) is 11.8 Å². The van der Waals surface area contributed by atoms with Crippen molar-refractivity contribution in [1.29, 1.82) is 0 Å². The number of esters is 1. The Morgan fingerprint density at radius 2 is 1.84 bits per heavy atom. The minimum Gasteiger partial charge on any atom is -0.461 e. The lowest BCUT2D eigenvalue weighted by Gasteiger charge is -2.16. The minimum absolute atomic E-state index is 0.105. The van der Waals surface area contributed by atoms with Crippen LogP contribution in [0.15, 0.2) is 47.3 Å². The first-order chi connectivity index (χ1) is 11.9. The Hall–Kier alpha value is -2.66. The molecule has 0 radical (unpaired) electrons. The Kier molecular flexibility index (Phi) is 4.59. The van der Waals surface area contributed by atoms with E-state index >= 15 is 0 Å². The van der Waals surface area contributed by atoms with Crippen molar-refractivity contribution < 1.29 is 13.9 Å². The first kappa shape index (κ1) is 17.2. The molecular formula is C19H15ClFNO3. The van der Waals surface area contributed by atoms with Crippen LogP contribution in [-0.4, -0.2) is 17.1 Å². The van der Waals surface area contributed by atoms with E-state index in [-0.39, 0.29) is 17.9 Å². The van der Waals surface area contributed by atoms with E-state index in [1.165, 1.54) is 23.7 Å². The molecule has 3 rings (SSSR count). The number of hydrogen-bond acceptors (Lipinski definition) is 3. The molecule has 128 valence electrons. The quantitative estimate of drug-likeness (QED) is 0.659. The van der Waals surface area contributed by atoms with Gasteiger partial charge in [-0.25, -0.2) is 9.18 Å². The fourth-order valence-electron chi connectivity index (χ4n) is 2.83. The van der Waals surface area contributed by atoms with Gasteiger partial charge in [0.05, 0.1) is 6.61 Å². The lowest BCUT2D eigenvalue weighted by Crippen LogP contribution is -2.26. The van der Waals surface area contributed by atoms with Crippen LogP contribution in [0.1, 0.15) is 17.4 Å². The molecule has 0 aliphatic carbocycles. The number of rotatable bonds is 3. The summed E-state index contributed by atoms with van der Waals surface area (Å²) in [6.45, 7) is 1.86. The highest BCUT2D eigenvalue weighted by molar-refractivity contribution is 6.31. The molecule has 4 nitrogen and oxygen atoms in total. The maximum Gasteiger partial charge on any atom is 0.355 e. The van der Waals surface area contributed by atoms with Crippen molar-refractivity contribution in [2.45, 2.75) is 6.92 Å². The number of halogens is 2. The van der Waals surface area contributed by atoms with Gasteiger partial charge in [-0.15, -0.1) is 0 Å². The summed E-state index contributed by atoms with van der Waals surface area (Å²) in [5.41, 5.74) is 0.846. The summed E-state index contributed by atoms with van der Waals surface area (Å²) in [6, 6.07) is 10.6. The zero-order valence-electron chi connectivity index (χ0n) is 13.7. The maximum absolute atomic E-state index is 13.3. The molecule has 3 aromatic rings. The molecule has 0 amide bonds. The number of carbonyl (C=O) groups is 1. The fraction of sp³-hybridized carbons (Fsp3) is 0.158. The van der Waals surface area contributed by atoms with Crippen molar-refractivity contribution in [1.82, 2.24) is 4.57 Å². The largest absolute Gasteiger partial charge is 0.461 e. The molecule has 6 heteroatoms. The molecular weight excluding hydrogens is 345 g/mol. The molecule has 0 atom stereocenters. The van der Waals surface area contributed by atoms with E-state index in [2.05, 4.69) is 0 Å². The number of ether oxygens (including phenoxy) is 1. The van der Waals surface area contributed by atoms with Crippen molar-refractivity contribution in [3.63, 3.8) is 0 Å². The van der Waals surface area contributed by atoms with Crippen molar-refractivity contribution in [3.8, 4) is 11.1 Å². The Balaban J connectivity index is 2.48. The van der Waals surface area contributed by atoms with E-state index in [9.17, 15) is 14.0 Å². The summed E-state index contributed by atoms with van der Waals surface area (Å²) >= 11 is 6.10. The van der Waals surface area contributed by atoms with E-state index in [0.29, 0.717) is 26.9 Å². The number of aromatic nitrogens is 1. The zero-order valence-corrected chi connectivity index (χ0v) is 14.4. The van der Waals surface area contributed by atoms with Crippen molar-refractivity contribution in [2.24, 2.45) is 7.05 Å². The van der Waals surface area contributed by atoms with Crippen LogP contribution in [0.5, 0.6) is 0 Å². The number of fused-ring (bicyclic) bond motifs is 1. The molecule has 1 aromatic heterocycles. The van der Waals surface area contributed by atoms with Gasteiger partial charge in [0.25, 0.3) is 5.56 Å². The van der Waals surface area contributed by atoms with Gasteiger partial charge in [0, 0.05) is 23.0 Å². The number of nitrogens with zero attached hydrogens (tertiary/aromatic N) is 1. The predicted octanol–water partition coefficient (Wildman–Crippen LogP) is 4.17. The maximum atomic E-state index is 13.3. The summed E-state index contributed by atoms with van der Waals surface area (Å²) in [5, 5.41) is 1.36. The smallest absolute Gasteiger partial charge is 0.355 e. The SMILES string of the molecule is CCOC(=O)c1c(-c2ccc(F)cc2)c2cc(Cl)ccc2c(=O)n1C. The van der Waals surface area contributed by atoms with Gasteiger partial charge in [0.1, 0.15) is 11.5 Å². The van der Waals surface area contributed by atoms with Crippen LogP contribution in [0.25, 0.3) is 21.9 Å². The van der Waals surface area contributed by atoms with Crippen LogP contribution in [0.2, 0.25) is 5.02 Å².